The van der Waals surface area contributed by atoms with Crippen LogP contribution < -0.4 is 0 Å². The Morgan fingerprint density at radius 2 is 1.84 bits per heavy atom. The third-order valence-corrected chi connectivity index (χ3v) is 5.16. The van der Waals surface area contributed by atoms with Crippen molar-refractivity contribution in [1.29, 1.82) is 0 Å². The molecule has 158 valence electrons. The molecule has 0 saturated carbocycles. The quantitative estimate of drug-likeness (QED) is 0.259. The third kappa shape index (κ3) is 3.58. The van der Waals surface area contributed by atoms with Crippen LogP contribution in [-0.2, 0) is 6.54 Å². The first-order chi connectivity index (χ1) is 15.5. The van der Waals surface area contributed by atoms with Crippen LogP contribution >= 0.6 is 11.6 Å². The molecule has 32 heavy (non-hydrogen) atoms. The van der Waals surface area contributed by atoms with Crippen molar-refractivity contribution < 1.29 is 13.7 Å². The Morgan fingerprint density at radius 3 is 2.62 bits per heavy atom. The number of fused-ring (bicyclic) bond motifs is 1. The summed E-state index contributed by atoms with van der Waals surface area (Å²) in [5.74, 6) is 0.0350. The van der Waals surface area contributed by atoms with Gasteiger partial charge in [0.1, 0.15) is 18.2 Å². The fourth-order valence-electron chi connectivity index (χ4n) is 3.41. The van der Waals surface area contributed by atoms with Gasteiger partial charge in [0, 0.05) is 22.7 Å². The molecule has 0 atom stereocenters. The summed E-state index contributed by atoms with van der Waals surface area (Å²) in [7, 11) is 0. The van der Waals surface area contributed by atoms with Crippen LogP contribution in [0, 0.1) is 15.9 Å². The monoisotopic (exact) mass is 449 g/mol. The van der Waals surface area contributed by atoms with Gasteiger partial charge in [-0.1, -0.05) is 23.7 Å². The first-order valence-corrected chi connectivity index (χ1v) is 9.85. The van der Waals surface area contributed by atoms with Gasteiger partial charge in [-0.15, -0.1) is 10.2 Å². The van der Waals surface area contributed by atoms with Gasteiger partial charge < -0.3 is 8.98 Å². The number of imidazole rings is 1. The largest absolute Gasteiger partial charge is 0.419 e. The molecule has 5 aromatic rings. The molecule has 0 saturated heterocycles. The van der Waals surface area contributed by atoms with Crippen LogP contribution in [0.1, 0.15) is 5.89 Å². The Morgan fingerprint density at radius 1 is 1.06 bits per heavy atom. The molecule has 10 heteroatoms. The topological polar surface area (TPSA) is 99.9 Å². The molecule has 0 fully saturated rings. The van der Waals surface area contributed by atoms with Gasteiger partial charge in [0.25, 0.3) is 11.6 Å². The minimum atomic E-state index is -0.694. The lowest BCUT2D eigenvalue weighted by atomic mass is 10.2. The van der Waals surface area contributed by atoms with Crippen molar-refractivity contribution >= 4 is 28.3 Å². The first-order valence-electron chi connectivity index (χ1n) is 9.47. The zero-order valence-corrected chi connectivity index (χ0v) is 17.0. The van der Waals surface area contributed by atoms with Gasteiger partial charge in [0.05, 0.1) is 21.5 Å². The van der Waals surface area contributed by atoms with E-state index in [0.29, 0.717) is 10.8 Å². The number of hydrogen-bond acceptors (Lipinski definition) is 6. The zero-order chi connectivity index (χ0) is 22.2. The van der Waals surface area contributed by atoms with Crippen LogP contribution in [0.2, 0.25) is 5.02 Å². The van der Waals surface area contributed by atoms with E-state index in [-0.39, 0.29) is 29.6 Å². The molecule has 0 N–H and O–H groups in total. The average molecular weight is 450 g/mol. The highest BCUT2D eigenvalue weighted by Crippen LogP contribution is 2.29. The number of aromatic nitrogens is 4. The fraction of sp³-hybridized carbons (Fsp3) is 0.0455. The van der Waals surface area contributed by atoms with Crippen LogP contribution in [0.4, 0.5) is 10.1 Å². The molecule has 0 spiro atoms. The zero-order valence-electron chi connectivity index (χ0n) is 16.3. The molecular formula is C22H13ClFN5O3. The summed E-state index contributed by atoms with van der Waals surface area (Å²) < 4.78 is 21.8. The smallest absolute Gasteiger partial charge is 0.270 e. The Labute approximate surface area is 185 Å². The van der Waals surface area contributed by atoms with E-state index in [4.69, 9.17) is 21.0 Å². The van der Waals surface area contributed by atoms with Crippen molar-refractivity contribution in [2.24, 2.45) is 0 Å². The van der Waals surface area contributed by atoms with E-state index in [1.165, 1.54) is 0 Å². The third-order valence-electron chi connectivity index (χ3n) is 4.91. The van der Waals surface area contributed by atoms with E-state index >= 15 is 0 Å². The van der Waals surface area contributed by atoms with Crippen molar-refractivity contribution in [1.82, 2.24) is 19.7 Å². The second-order valence-corrected chi connectivity index (χ2v) is 7.38. The molecule has 0 amide bonds. The highest BCUT2D eigenvalue weighted by molar-refractivity contribution is 6.30. The van der Waals surface area contributed by atoms with Crippen molar-refractivity contribution in [2.45, 2.75) is 6.54 Å². The summed E-state index contributed by atoms with van der Waals surface area (Å²) in [4.78, 5) is 15.1. The molecule has 0 aliphatic rings. The van der Waals surface area contributed by atoms with Gasteiger partial charge >= 0.3 is 0 Å². The maximum absolute atomic E-state index is 14.3. The van der Waals surface area contributed by atoms with Crippen molar-refractivity contribution in [3.63, 3.8) is 0 Å². The van der Waals surface area contributed by atoms with Gasteiger partial charge in [0.15, 0.2) is 0 Å². The van der Waals surface area contributed by atoms with E-state index in [2.05, 4.69) is 10.2 Å². The maximum atomic E-state index is 14.3. The van der Waals surface area contributed by atoms with Gasteiger partial charge in [-0.05, 0) is 42.5 Å². The molecule has 0 radical (unpaired) electrons. The highest BCUT2D eigenvalue weighted by atomic mass is 35.5. The minimum absolute atomic E-state index is 0.133. The molecule has 3 aromatic carbocycles. The number of para-hydroxylation sites is 2. The number of non-ortho nitro benzene ring substituents is 1. The highest BCUT2D eigenvalue weighted by Gasteiger charge is 2.19. The molecule has 5 rings (SSSR count). The normalized spacial score (nSPS) is 11.2. The van der Waals surface area contributed by atoms with E-state index < -0.39 is 10.7 Å². The standard InChI is InChI=1S/C22H13ClFN5O3/c23-14-7-5-13(6-8-14)21-25-18-3-1-2-4-19(18)28(21)12-20-26-27-22(32-20)16-11-15(29(30)31)9-10-17(16)24/h1-11H,12H2. The molecule has 0 aliphatic carbocycles. The molecule has 0 bridgehead atoms. The summed E-state index contributed by atoms with van der Waals surface area (Å²) >= 11 is 6.02. The maximum Gasteiger partial charge on any atom is 0.270 e. The number of benzene rings is 3. The van der Waals surface area contributed by atoms with E-state index in [1.54, 1.807) is 12.1 Å². The Bertz CT molecular complexity index is 1460. The van der Waals surface area contributed by atoms with Crippen LogP contribution in [0.25, 0.3) is 33.9 Å². The lowest BCUT2D eigenvalue weighted by Crippen LogP contribution is -2.02. The molecule has 0 aliphatic heterocycles. The van der Waals surface area contributed by atoms with Crippen LogP contribution in [0.15, 0.2) is 71.1 Å². The molecule has 0 unspecified atom stereocenters. The predicted molar refractivity (Wildman–Crippen MR) is 116 cm³/mol. The Balaban J connectivity index is 1.56. The van der Waals surface area contributed by atoms with Gasteiger partial charge in [-0.25, -0.2) is 9.37 Å². The van der Waals surface area contributed by atoms with Crippen LogP contribution in [0.5, 0.6) is 0 Å². The molecule has 8 nitrogen and oxygen atoms in total. The van der Waals surface area contributed by atoms with Crippen molar-refractivity contribution in [3.8, 4) is 22.8 Å². The number of nitrogens with zero attached hydrogens (tertiary/aromatic N) is 5. The minimum Gasteiger partial charge on any atom is -0.419 e. The van der Waals surface area contributed by atoms with Crippen LogP contribution in [0.3, 0.4) is 0 Å². The summed E-state index contributed by atoms with van der Waals surface area (Å²) in [6, 6.07) is 18.0. The van der Waals surface area contributed by atoms with Crippen molar-refractivity contribution in [3.05, 3.63) is 93.6 Å². The number of nitro groups is 1. The molecule has 2 aromatic heterocycles. The Hall–Kier alpha value is -4.11. The van der Waals surface area contributed by atoms with Crippen LogP contribution in [-0.4, -0.2) is 24.7 Å². The second-order valence-electron chi connectivity index (χ2n) is 6.94. The van der Waals surface area contributed by atoms with Gasteiger partial charge in [-0.2, -0.15) is 0 Å². The predicted octanol–water partition coefficient (Wildman–Crippen LogP) is 5.50. The summed E-state index contributed by atoms with van der Waals surface area (Å²) in [5, 5.41) is 19.5. The second kappa shape index (κ2) is 7.86. The first kappa shape index (κ1) is 19.8. The summed E-state index contributed by atoms with van der Waals surface area (Å²) in [5.41, 5.74) is 2.06. The average Bonchev–Trinajstić information content (AvgIpc) is 3.40. The molecular weight excluding hydrogens is 437 g/mol. The summed E-state index contributed by atoms with van der Waals surface area (Å²) in [6.07, 6.45) is 0. The summed E-state index contributed by atoms with van der Waals surface area (Å²) in [6.45, 7) is 0.169. The number of hydrogen-bond donors (Lipinski definition) is 0. The van der Waals surface area contributed by atoms with E-state index in [9.17, 15) is 14.5 Å². The SMILES string of the molecule is O=[N+]([O-])c1ccc(F)c(-c2nnc(Cn3c(-c4ccc(Cl)cc4)nc4ccccc43)o2)c1. The Kier molecular flexibility index (Phi) is 4.87. The van der Waals surface area contributed by atoms with Crippen molar-refractivity contribution in [2.75, 3.05) is 0 Å². The lowest BCUT2D eigenvalue weighted by molar-refractivity contribution is -0.384. The van der Waals surface area contributed by atoms with Gasteiger partial charge in [0.2, 0.25) is 5.89 Å². The lowest BCUT2D eigenvalue weighted by Gasteiger charge is -2.07. The number of rotatable bonds is 5. The fourth-order valence-corrected chi connectivity index (χ4v) is 3.53. The van der Waals surface area contributed by atoms with E-state index in [0.717, 1.165) is 34.8 Å². The number of nitro benzene ring substituents is 1. The van der Waals surface area contributed by atoms with E-state index in [1.807, 2.05) is 41.0 Å². The molecule has 2 heterocycles. The van der Waals surface area contributed by atoms with Gasteiger partial charge in [-0.3, -0.25) is 10.1 Å². The number of halogens is 2.